The van der Waals surface area contributed by atoms with Crippen molar-refractivity contribution in [3.05, 3.63) is 88.9 Å². The molecule has 2 unspecified atom stereocenters. The number of nitrogens with zero attached hydrogens (tertiary/aromatic N) is 1. The number of carbonyl (C=O) groups is 1. The second kappa shape index (κ2) is 10.8. The third-order valence-corrected chi connectivity index (χ3v) is 7.52. The molecule has 3 aromatic rings. The van der Waals surface area contributed by atoms with Crippen molar-refractivity contribution < 1.29 is 31.1 Å². The zero-order chi connectivity index (χ0) is 26.8. The molecule has 0 aromatic heterocycles. The van der Waals surface area contributed by atoms with Crippen molar-refractivity contribution in [1.82, 2.24) is 0 Å². The van der Waals surface area contributed by atoms with Gasteiger partial charge in [-0.05, 0) is 85.5 Å². The Morgan fingerprint density at radius 2 is 1.62 bits per heavy atom. The summed E-state index contributed by atoms with van der Waals surface area (Å²) in [6.45, 7) is 0. The highest BCUT2D eigenvalue weighted by Crippen LogP contribution is 2.43. The van der Waals surface area contributed by atoms with Gasteiger partial charge in [-0.3, -0.25) is 4.79 Å². The molecule has 0 bridgehead atoms. The molecule has 1 aliphatic rings. The number of anilines is 1. The molecule has 37 heavy (non-hydrogen) atoms. The van der Waals surface area contributed by atoms with Gasteiger partial charge in [-0.2, -0.15) is 13.2 Å². The van der Waals surface area contributed by atoms with E-state index in [0.717, 1.165) is 18.4 Å². The number of carbonyl (C=O) groups excluding carboxylic acids is 1. The zero-order valence-corrected chi connectivity index (χ0v) is 21.5. The lowest BCUT2D eigenvalue weighted by Gasteiger charge is -2.26. The predicted octanol–water partition coefficient (Wildman–Crippen LogP) is 7.07. The minimum atomic E-state index is -4.51. The number of sulfone groups is 1. The fraction of sp³-hybridized carbons (Fsp3) is 0.296. The lowest BCUT2D eigenvalue weighted by atomic mass is 9.95. The molecule has 196 valence electrons. The van der Waals surface area contributed by atoms with E-state index in [1.165, 1.54) is 11.0 Å². The van der Waals surface area contributed by atoms with Crippen LogP contribution in [-0.4, -0.2) is 26.3 Å². The molecule has 10 heteroatoms. The van der Waals surface area contributed by atoms with Crippen LogP contribution in [0.25, 0.3) is 0 Å². The van der Waals surface area contributed by atoms with Gasteiger partial charge in [0.25, 0.3) is 0 Å². The Balaban J connectivity index is 1.61. The van der Waals surface area contributed by atoms with Crippen molar-refractivity contribution in [3.63, 3.8) is 0 Å². The summed E-state index contributed by atoms with van der Waals surface area (Å²) < 4.78 is 69.1. The summed E-state index contributed by atoms with van der Waals surface area (Å²) >= 11 is 5.90. The molecule has 1 fully saturated rings. The van der Waals surface area contributed by atoms with Gasteiger partial charge in [0.2, 0.25) is 5.91 Å². The number of rotatable bonds is 8. The van der Waals surface area contributed by atoms with E-state index >= 15 is 0 Å². The van der Waals surface area contributed by atoms with Crippen LogP contribution in [0, 0.1) is 5.92 Å². The van der Waals surface area contributed by atoms with Gasteiger partial charge >= 0.3 is 6.18 Å². The Hall–Kier alpha value is -3.04. The predicted molar refractivity (Wildman–Crippen MR) is 137 cm³/mol. The van der Waals surface area contributed by atoms with Gasteiger partial charge in [-0.1, -0.05) is 23.7 Å². The molecular weight excluding hydrogens is 527 g/mol. The number of halogens is 4. The smallest absolute Gasteiger partial charge is 0.416 e. The maximum absolute atomic E-state index is 13.4. The second-order valence-electron chi connectivity index (χ2n) is 9.10. The van der Waals surface area contributed by atoms with E-state index in [2.05, 4.69) is 0 Å². The number of amides is 1. The SMILES string of the molecule is CS(=O)(=O)CCCC1CC(c2cccc(C(F)(F)F)c2)N(c2ccc(Oc3ccc(Cl)cc3)cc2)C1=O. The van der Waals surface area contributed by atoms with Gasteiger partial charge in [0.05, 0.1) is 11.6 Å². The van der Waals surface area contributed by atoms with Crippen LogP contribution in [-0.2, 0) is 20.8 Å². The fourth-order valence-corrected chi connectivity index (χ4v) is 5.30. The summed E-state index contributed by atoms with van der Waals surface area (Å²) in [6, 6.07) is 17.9. The van der Waals surface area contributed by atoms with Crippen LogP contribution < -0.4 is 9.64 Å². The van der Waals surface area contributed by atoms with E-state index in [1.54, 1.807) is 54.6 Å². The first-order chi connectivity index (χ1) is 17.4. The fourth-order valence-electron chi connectivity index (χ4n) is 4.49. The average molecular weight is 552 g/mol. The molecule has 0 radical (unpaired) electrons. The molecule has 3 aromatic carbocycles. The molecule has 2 atom stereocenters. The van der Waals surface area contributed by atoms with Crippen molar-refractivity contribution in [1.29, 1.82) is 0 Å². The Morgan fingerprint density at radius 1 is 1.00 bits per heavy atom. The summed E-state index contributed by atoms with van der Waals surface area (Å²) in [5.41, 5.74) is 0.0985. The Bertz CT molecular complexity index is 1360. The number of benzene rings is 3. The third-order valence-electron chi connectivity index (χ3n) is 6.24. The molecule has 0 spiro atoms. The topological polar surface area (TPSA) is 63.7 Å². The maximum Gasteiger partial charge on any atom is 0.416 e. The Morgan fingerprint density at radius 3 is 2.22 bits per heavy atom. The minimum Gasteiger partial charge on any atom is -0.457 e. The number of ether oxygens (including phenoxy) is 1. The van der Waals surface area contributed by atoms with Crippen LogP contribution in [0.4, 0.5) is 18.9 Å². The van der Waals surface area contributed by atoms with Crippen LogP contribution in [0.1, 0.15) is 36.4 Å². The van der Waals surface area contributed by atoms with Gasteiger partial charge in [0, 0.05) is 28.6 Å². The summed E-state index contributed by atoms with van der Waals surface area (Å²) in [7, 11) is -3.19. The lowest BCUT2D eigenvalue weighted by molar-refractivity contribution is -0.137. The average Bonchev–Trinajstić information content (AvgIpc) is 3.16. The molecule has 0 N–H and O–H groups in total. The quantitative estimate of drug-likeness (QED) is 0.300. The highest BCUT2D eigenvalue weighted by Gasteiger charge is 2.41. The molecule has 0 aliphatic carbocycles. The molecular formula is C27H25ClF3NO4S. The number of hydrogen-bond donors (Lipinski definition) is 0. The Labute approximate surface area is 218 Å². The number of hydrogen-bond acceptors (Lipinski definition) is 4. The maximum atomic E-state index is 13.4. The number of alkyl halides is 3. The Kier molecular flexibility index (Phi) is 7.85. The van der Waals surface area contributed by atoms with Gasteiger partial charge in [-0.15, -0.1) is 0 Å². The summed E-state index contributed by atoms with van der Waals surface area (Å²) in [6.07, 6.45) is -2.47. The van der Waals surface area contributed by atoms with E-state index < -0.39 is 33.5 Å². The summed E-state index contributed by atoms with van der Waals surface area (Å²) in [5, 5.41) is 0.571. The van der Waals surface area contributed by atoms with E-state index in [9.17, 15) is 26.4 Å². The first-order valence-corrected chi connectivity index (χ1v) is 14.1. The molecule has 1 amide bonds. The van der Waals surface area contributed by atoms with Crippen molar-refractivity contribution in [2.75, 3.05) is 16.9 Å². The van der Waals surface area contributed by atoms with Crippen LogP contribution in [0.5, 0.6) is 11.5 Å². The van der Waals surface area contributed by atoms with E-state index in [1.807, 2.05) is 0 Å². The normalized spacial score (nSPS) is 18.3. The van der Waals surface area contributed by atoms with Crippen molar-refractivity contribution in [2.45, 2.75) is 31.5 Å². The second-order valence-corrected chi connectivity index (χ2v) is 11.8. The van der Waals surface area contributed by atoms with E-state index in [0.29, 0.717) is 40.6 Å². The van der Waals surface area contributed by atoms with Crippen LogP contribution >= 0.6 is 11.6 Å². The van der Waals surface area contributed by atoms with Crippen molar-refractivity contribution in [3.8, 4) is 11.5 Å². The van der Waals surface area contributed by atoms with E-state index in [4.69, 9.17) is 16.3 Å². The zero-order valence-electron chi connectivity index (χ0n) is 19.9. The van der Waals surface area contributed by atoms with Crippen molar-refractivity contribution in [2.24, 2.45) is 5.92 Å². The molecule has 4 rings (SSSR count). The third kappa shape index (κ3) is 6.84. The summed E-state index contributed by atoms with van der Waals surface area (Å²) in [5.74, 6) is 0.274. The van der Waals surface area contributed by atoms with Crippen molar-refractivity contribution >= 4 is 33.0 Å². The first kappa shape index (κ1) is 27.0. The van der Waals surface area contributed by atoms with E-state index in [-0.39, 0.29) is 18.1 Å². The molecule has 0 saturated carbocycles. The van der Waals surface area contributed by atoms with Gasteiger partial charge < -0.3 is 9.64 Å². The monoisotopic (exact) mass is 551 g/mol. The largest absolute Gasteiger partial charge is 0.457 e. The standard InChI is InChI=1S/C27H25ClF3NO4S/c1-37(34,35)15-3-5-19-17-25(18-4-2-6-20(16-18)27(29,30)31)32(26(19)33)22-9-13-24(14-10-22)36-23-11-7-21(28)8-12-23/h2,4,6-14,16,19,25H,3,5,15,17H2,1H3. The van der Waals surface area contributed by atoms with Crippen LogP contribution in [0.15, 0.2) is 72.8 Å². The minimum absolute atomic E-state index is 0.0538. The summed E-state index contributed by atoms with van der Waals surface area (Å²) in [4.78, 5) is 15.0. The highest BCUT2D eigenvalue weighted by atomic mass is 35.5. The molecule has 1 heterocycles. The molecule has 1 aliphatic heterocycles. The highest BCUT2D eigenvalue weighted by molar-refractivity contribution is 7.90. The van der Waals surface area contributed by atoms with Crippen LogP contribution in [0.2, 0.25) is 5.02 Å². The first-order valence-electron chi connectivity index (χ1n) is 11.6. The van der Waals surface area contributed by atoms with Gasteiger partial charge in [-0.25, -0.2) is 8.42 Å². The lowest BCUT2D eigenvalue weighted by Crippen LogP contribution is -2.29. The van der Waals surface area contributed by atoms with Crippen LogP contribution in [0.3, 0.4) is 0 Å². The van der Waals surface area contributed by atoms with Gasteiger partial charge in [0.15, 0.2) is 0 Å². The van der Waals surface area contributed by atoms with Gasteiger partial charge in [0.1, 0.15) is 21.3 Å². The molecule has 1 saturated heterocycles. The molecule has 5 nitrogen and oxygen atoms in total.